The third-order valence-electron chi connectivity index (χ3n) is 4.71. The predicted octanol–water partition coefficient (Wildman–Crippen LogP) is 3.47. The van der Waals surface area contributed by atoms with Gasteiger partial charge in [-0.15, -0.1) is 0 Å². The number of carbonyl (C=O) groups excluding carboxylic acids is 1. The zero-order chi connectivity index (χ0) is 22.3. The summed E-state index contributed by atoms with van der Waals surface area (Å²) < 4.78 is 10.9. The van der Waals surface area contributed by atoms with Crippen LogP contribution in [0.25, 0.3) is 11.1 Å². The molecule has 6 nitrogen and oxygen atoms in total. The van der Waals surface area contributed by atoms with Crippen molar-refractivity contribution in [3.8, 4) is 22.6 Å². The highest BCUT2D eigenvalue weighted by molar-refractivity contribution is 5.90. The number of hydrogen-bond donors (Lipinski definition) is 3. The van der Waals surface area contributed by atoms with Gasteiger partial charge in [0, 0.05) is 12.0 Å². The first-order valence-corrected chi connectivity index (χ1v) is 10.0. The van der Waals surface area contributed by atoms with Crippen LogP contribution < -0.4 is 9.47 Å². The first-order chi connectivity index (χ1) is 14.2. The zero-order valence-electron chi connectivity index (χ0n) is 17.7. The third-order valence-corrected chi connectivity index (χ3v) is 4.71. The number of hydrogen-bond acceptors (Lipinski definition) is 6. The Bertz CT molecular complexity index is 856. The van der Waals surface area contributed by atoms with Crippen molar-refractivity contribution in [2.24, 2.45) is 5.92 Å². The van der Waals surface area contributed by atoms with E-state index in [2.05, 4.69) is 13.5 Å². The van der Waals surface area contributed by atoms with Gasteiger partial charge < -0.3 is 24.8 Å². The van der Waals surface area contributed by atoms with Crippen molar-refractivity contribution in [1.82, 2.24) is 0 Å². The second-order valence-corrected chi connectivity index (χ2v) is 7.40. The zero-order valence-corrected chi connectivity index (χ0v) is 17.7. The molecule has 2 aromatic rings. The van der Waals surface area contributed by atoms with Crippen LogP contribution in [0.3, 0.4) is 0 Å². The number of rotatable bonds is 10. The van der Waals surface area contributed by atoms with Crippen molar-refractivity contribution < 1.29 is 29.6 Å². The first-order valence-electron chi connectivity index (χ1n) is 10.0. The Labute approximate surface area is 177 Å². The number of esters is 1. The van der Waals surface area contributed by atoms with Crippen molar-refractivity contribution in [3.63, 3.8) is 0 Å². The number of aliphatic hydroxyl groups is 3. The summed E-state index contributed by atoms with van der Waals surface area (Å²) in [4.78, 5) is 12.2. The molecule has 162 valence electrons. The molecule has 0 aromatic heterocycles. The van der Waals surface area contributed by atoms with Gasteiger partial charge in [-0.3, -0.25) is 0 Å². The fraction of sp³-hybridized carbons (Fsp3) is 0.375. The van der Waals surface area contributed by atoms with Crippen molar-refractivity contribution in [2.75, 3.05) is 6.61 Å². The minimum Gasteiger partial charge on any atom is -0.465 e. The summed E-state index contributed by atoms with van der Waals surface area (Å²) in [5, 5.41) is 28.9. The maximum atomic E-state index is 12.2. The van der Waals surface area contributed by atoms with Crippen LogP contribution in [-0.4, -0.2) is 40.3 Å². The Balaban J connectivity index is 2.38. The highest BCUT2D eigenvalue weighted by atomic mass is 16.6. The highest BCUT2D eigenvalue weighted by Gasteiger charge is 2.18. The molecule has 0 heterocycles. The number of ether oxygens (including phenoxy) is 2. The first kappa shape index (κ1) is 23.6. The van der Waals surface area contributed by atoms with Gasteiger partial charge in [0.25, 0.3) is 0 Å². The van der Waals surface area contributed by atoms with Gasteiger partial charge in [0.1, 0.15) is 11.5 Å². The molecule has 30 heavy (non-hydrogen) atoms. The molecule has 0 aliphatic carbocycles. The maximum absolute atomic E-state index is 12.2. The summed E-state index contributed by atoms with van der Waals surface area (Å²) in [5.74, 6) is -0.780. The van der Waals surface area contributed by atoms with Crippen LogP contribution in [0.15, 0.2) is 54.6 Å². The molecule has 0 saturated heterocycles. The Morgan fingerprint density at radius 3 is 2.23 bits per heavy atom. The maximum Gasteiger partial charge on any atom is 0.341 e. The largest absolute Gasteiger partial charge is 0.465 e. The molecule has 3 atom stereocenters. The van der Waals surface area contributed by atoms with E-state index in [1.807, 2.05) is 24.3 Å². The van der Waals surface area contributed by atoms with E-state index in [-0.39, 0.29) is 23.7 Å². The standard InChI is InChI=1S/C24H30O6/c1-5-6-18-7-9-19(10-8-18)20-11-21(29-23(27)15(2)14-25)13-22(12-20)30-24(28)16(3)17(4)26/h7-13,15,17,23,25-27H,3,5-6,14H2,1-2,4H3. The Morgan fingerprint density at radius 1 is 1.03 bits per heavy atom. The molecule has 6 heteroatoms. The number of benzene rings is 2. The second-order valence-electron chi connectivity index (χ2n) is 7.40. The monoisotopic (exact) mass is 414 g/mol. The van der Waals surface area contributed by atoms with Crippen LogP contribution in [-0.2, 0) is 11.2 Å². The van der Waals surface area contributed by atoms with E-state index < -0.39 is 24.3 Å². The van der Waals surface area contributed by atoms with Crippen LogP contribution in [0, 0.1) is 5.92 Å². The molecule has 3 unspecified atom stereocenters. The molecule has 2 aromatic carbocycles. The van der Waals surface area contributed by atoms with E-state index in [1.54, 1.807) is 19.1 Å². The van der Waals surface area contributed by atoms with Crippen LogP contribution in [0.1, 0.15) is 32.8 Å². The van der Waals surface area contributed by atoms with Gasteiger partial charge in [0.05, 0.1) is 18.3 Å². The van der Waals surface area contributed by atoms with Crippen LogP contribution in [0.5, 0.6) is 11.5 Å². The normalized spacial score (nSPS) is 13.9. The van der Waals surface area contributed by atoms with Crippen molar-refractivity contribution >= 4 is 5.97 Å². The molecule has 0 aliphatic heterocycles. The quantitative estimate of drug-likeness (QED) is 0.238. The molecule has 0 saturated carbocycles. The second kappa shape index (κ2) is 10.9. The molecule has 0 bridgehead atoms. The minimum atomic E-state index is -1.23. The highest BCUT2D eigenvalue weighted by Crippen LogP contribution is 2.31. The van der Waals surface area contributed by atoms with Gasteiger partial charge in [0.15, 0.2) is 0 Å². The van der Waals surface area contributed by atoms with E-state index in [4.69, 9.17) is 9.47 Å². The van der Waals surface area contributed by atoms with Crippen molar-refractivity contribution in [3.05, 3.63) is 60.2 Å². The topological polar surface area (TPSA) is 96.2 Å². The van der Waals surface area contributed by atoms with E-state index >= 15 is 0 Å². The number of aryl methyl sites for hydroxylation is 1. The molecular weight excluding hydrogens is 384 g/mol. The summed E-state index contributed by atoms with van der Waals surface area (Å²) >= 11 is 0. The number of aliphatic hydroxyl groups excluding tert-OH is 3. The van der Waals surface area contributed by atoms with E-state index in [0.717, 1.165) is 24.0 Å². The lowest BCUT2D eigenvalue weighted by Gasteiger charge is -2.19. The SMILES string of the molecule is C=C(C(=O)Oc1cc(OC(O)C(C)CO)cc(-c2ccc(CCC)cc2)c1)C(C)O. The van der Waals surface area contributed by atoms with E-state index in [1.165, 1.54) is 18.6 Å². The third kappa shape index (κ3) is 6.42. The summed E-state index contributed by atoms with van der Waals surface area (Å²) in [6, 6.07) is 12.9. The Morgan fingerprint density at radius 2 is 1.67 bits per heavy atom. The summed E-state index contributed by atoms with van der Waals surface area (Å²) in [6.07, 6.45) is -0.224. The summed E-state index contributed by atoms with van der Waals surface area (Å²) in [6.45, 7) is 8.50. The average Bonchev–Trinajstić information content (AvgIpc) is 2.72. The molecule has 0 aliphatic rings. The average molecular weight is 414 g/mol. The van der Waals surface area contributed by atoms with Crippen LogP contribution in [0.4, 0.5) is 0 Å². The Hall–Kier alpha value is -2.67. The molecule has 0 amide bonds. The smallest absolute Gasteiger partial charge is 0.341 e. The van der Waals surface area contributed by atoms with Crippen molar-refractivity contribution in [2.45, 2.75) is 46.0 Å². The van der Waals surface area contributed by atoms with E-state index in [9.17, 15) is 20.1 Å². The van der Waals surface area contributed by atoms with Gasteiger partial charge in [-0.1, -0.05) is 51.1 Å². The van der Waals surface area contributed by atoms with E-state index in [0.29, 0.717) is 0 Å². The molecule has 2 rings (SSSR count). The molecule has 0 fully saturated rings. The summed E-state index contributed by atoms with van der Waals surface area (Å²) in [5.41, 5.74) is 2.77. The molecule has 0 radical (unpaired) electrons. The fourth-order valence-electron chi connectivity index (χ4n) is 2.71. The molecule has 0 spiro atoms. The number of carbonyl (C=O) groups is 1. The van der Waals surface area contributed by atoms with Gasteiger partial charge in [-0.05, 0) is 42.2 Å². The van der Waals surface area contributed by atoms with Gasteiger partial charge >= 0.3 is 5.97 Å². The Kier molecular flexibility index (Phi) is 8.59. The van der Waals surface area contributed by atoms with Gasteiger partial charge in [-0.2, -0.15) is 0 Å². The van der Waals surface area contributed by atoms with Crippen LogP contribution in [0.2, 0.25) is 0 Å². The lowest BCUT2D eigenvalue weighted by molar-refractivity contribution is -0.131. The lowest BCUT2D eigenvalue weighted by Crippen LogP contribution is -2.27. The molecule has 3 N–H and O–H groups in total. The minimum absolute atomic E-state index is 0.0688. The fourth-order valence-corrected chi connectivity index (χ4v) is 2.71. The van der Waals surface area contributed by atoms with Crippen molar-refractivity contribution in [1.29, 1.82) is 0 Å². The van der Waals surface area contributed by atoms with Gasteiger partial charge in [-0.25, -0.2) is 4.79 Å². The molecular formula is C24H30O6. The lowest BCUT2D eigenvalue weighted by atomic mass is 10.0. The predicted molar refractivity (Wildman–Crippen MR) is 115 cm³/mol. The van der Waals surface area contributed by atoms with Gasteiger partial charge in [0.2, 0.25) is 6.29 Å². The summed E-state index contributed by atoms with van der Waals surface area (Å²) in [7, 11) is 0. The van der Waals surface area contributed by atoms with Crippen LogP contribution >= 0.6 is 0 Å².